The molecule has 0 bridgehead atoms. The minimum absolute atomic E-state index is 0.696. The van der Waals surface area contributed by atoms with E-state index in [1.807, 2.05) is 6.08 Å². The standard InChI is InChI=1S/C6H12/c1-4-5-6(2)3/h4,6H,1,5H2,2-3H3/i1D/b4-1+. The van der Waals surface area contributed by atoms with Gasteiger partial charge in [-0.15, -0.1) is 6.55 Å². The van der Waals surface area contributed by atoms with E-state index >= 15 is 0 Å². The van der Waals surface area contributed by atoms with E-state index in [2.05, 4.69) is 13.8 Å². The minimum Gasteiger partial charge on any atom is -0.103 e. The molecule has 0 nitrogen and oxygen atoms in total. The zero-order valence-corrected chi connectivity index (χ0v) is 4.44. The molecule has 0 aromatic rings. The predicted octanol–water partition coefficient (Wildman–Crippen LogP) is 2.22. The maximum atomic E-state index is 6.62. The van der Waals surface area contributed by atoms with Gasteiger partial charge in [0.25, 0.3) is 0 Å². The highest BCUT2D eigenvalue weighted by Crippen LogP contribution is 1.96. The van der Waals surface area contributed by atoms with Crippen molar-refractivity contribution in [1.29, 1.82) is 0 Å². The molecule has 0 aliphatic heterocycles. The van der Waals surface area contributed by atoms with Crippen LogP contribution in [0.1, 0.15) is 21.6 Å². The van der Waals surface area contributed by atoms with E-state index in [0.29, 0.717) is 5.92 Å². The molecule has 0 amide bonds. The van der Waals surface area contributed by atoms with Crippen LogP contribution in [0.4, 0.5) is 0 Å². The highest BCUT2D eigenvalue weighted by molar-refractivity contribution is 4.67. The first-order chi connectivity index (χ1) is 3.27. The molecule has 0 heterocycles. The van der Waals surface area contributed by atoms with E-state index < -0.39 is 0 Å². The van der Waals surface area contributed by atoms with Crippen molar-refractivity contribution in [3.05, 3.63) is 12.6 Å². The summed E-state index contributed by atoms with van der Waals surface area (Å²) in [6.45, 7) is 5.62. The van der Waals surface area contributed by atoms with Crippen LogP contribution in [0.2, 0.25) is 0 Å². The Morgan fingerprint density at radius 1 is 2.00 bits per heavy atom. The molecule has 0 radical (unpaired) electrons. The zero-order valence-electron chi connectivity index (χ0n) is 5.44. The molecule has 0 N–H and O–H groups in total. The van der Waals surface area contributed by atoms with Crippen LogP contribution in [0, 0.1) is 5.92 Å². The normalized spacial score (nSPS) is 13.5. The molecule has 36 valence electrons. The van der Waals surface area contributed by atoms with Crippen LogP contribution in [0.15, 0.2) is 12.6 Å². The Labute approximate surface area is 41.3 Å². The van der Waals surface area contributed by atoms with Crippen molar-refractivity contribution >= 4 is 0 Å². The molecule has 0 aromatic heterocycles. The third kappa shape index (κ3) is 3.74. The Balaban J connectivity index is 2.97. The minimum atomic E-state index is 0.696. The molecular formula is C6H12. The summed E-state index contributed by atoms with van der Waals surface area (Å²) in [6.07, 6.45) is 2.90. The monoisotopic (exact) mass is 85.1 g/mol. The lowest BCUT2D eigenvalue weighted by atomic mass is 10.1. The molecule has 0 rings (SSSR count). The van der Waals surface area contributed by atoms with Crippen LogP contribution in [0.25, 0.3) is 0 Å². The van der Waals surface area contributed by atoms with Crippen molar-refractivity contribution < 1.29 is 1.37 Å². The second-order valence-electron chi connectivity index (χ2n) is 1.87. The van der Waals surface area contributed by atoms with Gasteiger partial charge in [-0.2, -0.15) is 0 Å². The van der Waals surface area contributed by atoms with Gasteiger partial charge in [0, 0.05) is 0 Å². The lowest BCUT2D eigenvalue weighted by molar-refractivity contribution is 0.664. The topological polar surface area (TPSA) is 0 Å². The van der Waals surface area contributed by atoms with Gasteiger partial charge in [-0.25, -0.2) is 0 Å². The summed E-state index contributed by atoms with van der Waals surface area (Å²) in [7, 11) is 0. The van der Waals surface area contributed by atoms with Crippen molar-refractivity contribution in [3.8, 4) is 0 Å². The van der Waals surface area contributed by atoms with Gasteiger partial charge in [-0.1, -0.05) is 19.9 Å². The van der Waals surface area contributed by atoms with Gasteiger partial charge in [0.05, 0.1) is 1.37 Å². The van der Waals surface area contributed by atoms with Gasteiger partial charge < -0.3 is 0 Å². The molecule has 0 saturated heterocycles. The highest BCUT2D eigenvalue weighted by atomic mass is 13.9. The summed E-state index contributed by atoms with van der Waals surface area (Å²) in [6, 6.07) is 0. The van der Waals surface area contributed by atoms with E-state index in [4.69, 9.17) is 1.37 Å². The molecule has 0 aliphatic rings. The second-order valence-corrected chi connectivity index (χ2v) is 1.87. The summed E-state index contributed by atoms with van der Waals surface area (Å²) >= 11 is 0. The Hall–Kier alpha value is -0.260. The van der Waals surface area contributed by atoms with E-state index in [9.17, 15) is 0 Å². The molecule has 0 heteroatoms. The SMILES string of the molecule is [2H]/C=C/CC(C)C. The maximum absolute atomic E-state index is 6.62. The van der Waals surface area contributed by atoms with Gasteiger partial charge in [-0.05, 0) is 12.3 Å². The highest BCUT2D eigenvalue weighted by Gasteiger charge is 1.82. The average molecular weight is 85.2 g/mol. The average Bonchev–Trinajstić information content (AvgIpc) is 1.61. The lowest BCUT2D eigenvalue weighted by Crippen LogP contribution is -1.78. The van der Waals surface area contributed by atoms with Gasteiger partial charge in [-0.3, -0.25) is 0 Å². The van der Waals surface area contributed by atoms with E-state index in [1.165, 1.54) is 6.55 Å². The first kappa shape index (κ1) is 3.91. The Bertz CT molecular complexity index is 55.2. The quantitative estimate of drug-likeness (QED) is 0.451. The smallest absolute Gasteiger partial charge is 0.0534 e. The maximum Gasteiger partial charge on any atom is 0.0534 e. The Morgan fingerprint density at radius 2 is 2.67 bits per heavy atom. The molecule has 0 fully saturated rings. The third-order valence-corrected chi connectivity index (χ3v) is 0.607. The second kappa shape index (κ2) is 2.95. The Morgan fingerprint density at radius 3 is 2.83 bits per heavy atom. The van der Waals surface area contributed by atoms with Crippen molar-refractivity contribution in [1.82, 2.24) is 0 Å². The summed E-state index contributed by atoms with van der Waals surface area (Å²) < 4.78 is 6.62. The molecule has 0 saturated carbocycles. The summed E-state index contributed by atoms with van der Waals surface area (Å²) in [5, 5.41) is 0. The summed E-state index contributed by atoms with van der Waals surface area (Å²) in [4.78, 5) is 0. The number of allylic oxidation sites excluding steroid dienone is 1. The van der Waals surface area contributed by atoms with Crippen LogP contribution in [-0.4, -0.2) is 0 Å². The Kier molecular flexibility index (Phi) is 1.93. The van der Waals surface area contributed by atoms with Crippen LogP contribution >= 0.6 is 0 Å². The lowest BCUT2D eigenvalue weighted by Gasteiger charge is -1.92. The van der Waals surface area contributed by atoms with Gasteiger partial charge in [0.1, 0.15) is 0 Å². The first-order valence-electron chi connectivity index (χ1n) is 2.88. The van der Waals surface area contributed by atoms with Crippen LogP contribution in [0.3, 0.4) is 0 Å². The van der Waals surface area contributed by atoms with E-state index in [1.54, 1.807) is 0 Å². The zero-order chi connectivity index (χ0) is 5.70. The predicted molar refractivity (Wildman–Crippen MR) is 29.7 cm³/mol. The number of rotatable bonds is 2. The summed E-state index contributed by atoms with van der Waals surface area (Å²) in [5.74, 6) is 0.696. The molecule has 0 unspecified atom stereocenters. The van der Waals surface area contributed by atoms with Gasteiger partial charge >= 0.3 is 0 Å². The molecule has 0 spiro atoms. The first-order valence-corrected chi connectivity index (χ1v) is 2.30. The van der Waals surface area contributed by atoms with E-state index in [0.717, 1.165) is 6.42 Å². The molecule has 0 aliphatic carbocycles. The fraction of sp³-hybridized carbons (Fsp3) is 0.667. The van der Waals surface area contributed by atoms with Gasteiger partial charge in [0.15, 0.2) is 0 Å². The fourth-order valence-corrected chi connectivity index (χ4v) is 0.272. The molecule has 0 aromatic carbocycles. The third-order valence-electron chi connectivity index (χ3n) is 0.607. The van der Waals surface area contributed by atoms with Crippen LogP contribution < -0.4 is 0 Å². The van der Waals surface area contributed by atoms with Crippen molar-refractivity contribution in [2.75, 3.05) is 0 Å². The van der Waals surface area contributed by atoms with Crippen molar-refractivity contribution in [2.24, 2.45) is 5.92 Å². The van der Waals surface area contributed by atoms with Crippen molar-refractivity contribution in [3.63, 3.8) is 0 Å². The molecular weight excluding hydrogens is 72.1 g/mol. The molecule has 6 heavy (non-hydrogen) atoms. The molecule has 0 atom stereocenters. The van der Waals surface area contributed by atoms with Crippen LogP contribution in [-0.2, 0) is 0 Å². The summed E-state index contributed by atoms with van der Waals surface area (Å²) in [5.41, 5.74) is 0. The van der Waals surface area contributed by atoms with Crippen molar-refractivity contribution in [2.45, 2.75) is 20.3 Å². The fourth-order valence-electron chi connectivity index (χ4n) is 0.272. The van der Waals surface area contributed by atoms with Gasteiger partial charge in [0.2, 0.25) is 0 Å². The number of hydrogen-bond donors (Lipinski definition) is 0. The van der Waals surface area contributed by atoms with Crippen LogP contribution in [0.5, 0.6) is 0 Å². The van der Waals surface area contributed by atoms with E-state index in [-0.39, 0.29) is 0 Å². The number of hydrogen-bond acceptors (Lipinski definition) is 0. The largest absolute Gasteiger partial charge is 0.103 e.